The summed E-state index contributed by atoms with van der Waals surface area (Å²) in [6, 6.07) is 11.9. The van der Waals surface area contributed by atoms with Gasteiger partial charge >= 0.3 is 0 Å². The number of hydrogen-bond acceptors (Lipinski definition) is 2. The number of benzene rings is 2. The third-order valence-electron chi connectivity index (χ3n) is 6.50. The molecule has 2 aromatic rings. The highest BCUT2D eigenvalue weighted by Gasteiger charge is 2.20. The highest BCUT2D eigenvalue weighted by atomic mass is 32.1. The molecule has 3 nitrogen and oxygen atoms in total. The lowest BCUT2D eigenvalue weighted by atomic mass is 9.98. The van der Waals surface area contributed by atoms with Gasteiger partial charge in [0.15, 0.2) is 5.11 Å². The van der Waals surface area contributed by atoms with E-state index in [0.717, 1.165) is 30.3 Å². The Balaban J connectivity index is 1.81. The van der Waals surface area contributed by atoms with E-state index >= 15 is 0 Å². The first-order chi connectivity index (χ1) is 14.8. The van der Waals surface area contributed by atoms with E-state index in [9.17, 15) is 0 Å². The summed E-state index contributed by atoms with van der Waals surface area (Å²) in [6.45, 7) is 16.4. The van der Waals surface area contributed by atoms with Crippen LogP contribution in [0.25, 0.3) is 0 Å². The molecule has 1 heterocycles. The van der Waals surface area contributed by atoms with Crippen molar-refractivity contribution in [2.75, 3.05) is 23.3 Å². The van der Waals surface area contributed by atoms with Crippen molar-refractivity contribution < 1.29 is 0 Å². The van der Waals surface area contributed by atoms with E-state index in [-0.39, 0.29) is 0 Å². The largest absolute Gasteiger partial charge is 0.371 e. The van der Waals surface area contributed by atoms with Crippen LogP contribution >= 0.6 is 12.2 Å². The Morgan fingerprint density at radius 2 is 1.84 bits per heavy atom. The number of hydrogen-bond donors (Lipinski definition) is 1. The fourth-order valence-electron chi connectivity index (χ4n) is 4.73. The van der Waals surface area contributed by atoms with Crippen LogP contribution in [0.15, 0.2) is 30.3 Å². The SMILES string of the molecule is CCCN1CCCc2cc(CN(C(=S)Nc3c(C)cc(C)cc3C)[C@@H](C)CC)ccc21. The van der Waals surface area contributed by atoms with Crippen LogP contribution in [0.2, 0.25) is 0 Å². The van der Waals surface area contributed by atoms with E-state index < -0.39 is 0 Å². The first-order valence-electron chi connectivity index (χ1n) is 11.9. The van der Waals surface area contributed by atoms with Gasteiger partial charge in [0.1, 0.15) is 0 Å². The van der Waals surface area contributed by atoms with Crippen LogP contribution in [0.1, 0.15) is 67.9 Å². The van der Waals surface area contributed by atoms with Crippen LogP contribution in [0.3, 0.4) is 0 Å². The normalized spacial score (nSPS) is 14.2. The van der Waals surface area contributed by atoms with E-state index in [1.54, 1.807) is 0 Å². The van der Waals surface area contributed by atoms with Crippen molar-refractivity contribution in [3.63, 3.8) is 0 Å². The lowest BCUT2D eigenvalue weighted by Crippen LogP contribution is -2.40. The number of aryl methyl sites for hydroxylation is 4. The molecule has 31 heavy (non-hydrogen) atoms. The van der Waals surface area contributed by atoms with Gasteiger partial charge in [-0.2, -0.15) is 0 Å². The summed E-state index contributed by atoms with van der Waals surface area (Å²) in [5, 5.41) is 4.39. The molecule has 0 saturated carbocycles. The average Bonchev–Trinajstić information content (AvgIpc) is 2.74. The summed E-state index contributed by atoms with van der Waals surface area (Å²) in [5.74, 6) is 0. The maximum absolute atomic E-state index is 5.93. The highest BCUT2D eigenvalue weighted by Crippen LogP contribution is 2.29. The standard InChI is InChI=1S/C27H39N3S/c1-7-13-29-14-9-10-24-17-23(11-12-25(24)29)18-30(22(6)8-2)27(31)28-26-20(4)15-19(3)16-21(26)5/h11-12,15-17,22H,7-10,13-14,18H2,1-6H3,(H,28,31)/t22-/m0/s1. The molecule has 3 rings (SSSR count). The van der Waals surface area contributed by atoms with E-state index in [0.29, 0.717) is 6.04 Å². The molecule has 0 radical (unpaired) electrons. The summed E-state index contributed by atoms with van der Waals surface area (Å²) < 4.78 is 0. The fraction of sp³-hybridized carbons (Fsp3) is 0.519. The molecule has 0 fully saturated rings. The minimum absolute atomic E-state index is 0.374. The molecule has 0 spiro atoms. The topological polar surface area (TPSA) is 18.5 Å². The lowest BCUT2D eigenvalue weighted by molar-refractivity contribution is 0.319. The van der Waals surface area contributed by atoms with Crippen LogP contribution in [0, 0.1) is 20.8 Å². The summed E-state index contributed by atoms with van der Waals surface area (Å²) in [5.41, 5.74) is 9.19. The predicted octanol–water partition coefficient (Wildman–Crippen LogP) is 6.77. The molecule has 0 unspecified atom stereocenters. The van der Waals surface area contributed by atoms with Gasteiger partial charge in [0.2, 0.25) is 0 Å². The molecule has 0 bridgehead atoms. The van der Waals surface area contributed by atoms with Crippen molar-refractivity contribution in [2.45, 2.75) is 79.8 Å². The Hall–Kier alpha value is -2.07. The van der Waals surface area contributed by atoms with Gasteiger partial charge in [-0.05, 0) is 93.9 Å². The van der Waals surface area contributed by atoms with Crippen molar-refractivity contribution in [3.8, 4) is 0 Å². The molecule has 1 aliphatic rings. The Bertz CT molecular complexity index is 898. The van der Waals surface area contributed by atoms with Gasteiger partial charge in [-0.15, -0.1) is 0 Å². The number of nitrogens with one attached hydrogen (secondary N) is 1. The third-order valence-corrected chi connectivity index (χ3v) is 6.83. The minimum Gasteiger partial charge on any atom is -0.371 e. The molecule has 168 valence electrons. The van der Waals surface area contributed by atoms with E-state index in [1.165, 1.54) is 59.3 Å². The zero-order valence-electron chi connectivity index (χ0n) is 20.2. The molecule has 1 aliphatic heterocycles. The first-order valence-corrected chi connectivity index (χ1v) is 12.3. The Morgan fingerprint density at radius 3 is 2.48 bits per heavy atom. The zero-order valence-corrected chi connectivity index (χ0v) is 21.0. The van der Waals surface area contributed by atoms with Crippen LogP contribution < -0.4 is 10.2 Å². The lowest BCUT2D eigenvalue weighted by Gasteiger charge is -2.34. The Morgan fingerprint density at radius 1 is 1.13 bits per heavy atom. The smallest absolute Gasteiger partial charge is 0.173 e. The van der Waals surface area contributed by atoms with Crippen LogP contribution in [-0.4, -0.2) is 29.1 Å². The van der Waals surface area contributed by atoms with Gasteiger partial charge in [0.05, 0.1) is 0 Å². The van der Waals surface area contributed by atoms with E-state index in [4.69, 9.17) is 12.2 Å². The van der Waals surface area contributed by atoms with Crippen molar-refractivity contribution in [3.05, 3.63) is 58.1 Å². The van der Waals surface area contributed by atoms with Crippen molar-refractivity contribution >= 4 is 28.7 Å². The Kier molecular flexibility index (Phi) is 7.99. The number of fused-ring (bicyclic) bond motifs is 1. The molecule has 0 aliphatic carbocycles. The quantitative estimate of drug-likeness (QED) is 0.481. The molecule has 4 heteroatoms. The molecule has 0 amide bonds. The second-order valence-corrected chi connectivity index (χ2v) is 9.53. The van der Waals surface area contributed by atoms with Gasteiger partial charge in [-0.1, -0.05) is 43.7 Å². The number of rotatable bonds is 7. The second kappa shape index (κ2) is 10.5. The summed E-state index contributed by atoms with van der Waals surface area (Å²) in [7, 11) is 0. The molecule has 1 N–H and O–H groups in total. The van der Waals surface area contributed by atoms with Crippen LogP contribution in [0.4, 0.5) is 11.4 Å². The minimum atomic E-state index is 0.374. The van der Waals surface area contributed by atoms with Crippen molar-refractivity contribution in [2.24, 2.45) is 0 Å². The highest BCUT2D eigenvalue weighted by molar-refractivity contribution is 7.80. The van der Waals surface area contributed by atoms with Crippen molar-refractivity contribution in [1.29, 1.82) is 0 Å². The maximum atomic E-state index is 5.93. The van der Waals surface area contributed by atoms with Crippen LogP contribution in [-0.2, 0) is 13.0 Å². The molecular weight excluding hydrogens is 398 g/mol. The van der Waals surface area contributed by atoms with E-state index in [2.05, 4.69) is 87.0 Å². The number of nitrogens with zero attached hydrogens (tertiary/aromatic N) is 2. The summed E-state index contributed by atoms with van der Waals surface area (Å²) in [4.78, 5) is 4.90. The van der Waals surface area contributed by atoms with Gasteiger partial charge in [-0.3, -0.25) is 0 Å². The van der Waals surface area contributed by atoms with Gasteiger partial charge in [0.25, 0.3) is 0 Å². The third kappa shape index (κ3) is 5.60. The summed E-state index contributed by atoms with van der Waals surface area (Å²) in [6.07, 6.45) is 4.68. The van der Waals surface area contributed by atoms with Crippen LogP contribution in [0.5, 0.6) is 0 Å². The van der Waals surface area contributed by atoms with Crippen molar-refractivity contribution in [1.82, 2.24) is 4.90 Å². The first kappa shape index (κ1) is 23.6. The molecule has 0 aromatic heterocycles. The number of anilines is 2. The van der Waals surface area contributed by atoms with Gasteiger partial charge < -0.3 is 15.1 Å². The Labute approximate surface area is 194 Å². The number of thiocarbonyl (C=S) groups is 1. The predicted molar refractivity (Wildman–Crippen MR) is 139 cm³/mol. The molecular formula is C27H39N3S. The second-order valence-electron chi connectivity index (χ2n) is 9.14. The molecule has 2 aromatic carbocycles. The summed E-state index contributed by atoms with van der Waals surface area (Å²) >= 11 is 5.93. The van der Waals surface area contributed by atoms with E-state index in [1.807, 2.05) is 0 Å². The van der Waals surface area contributed by atoms with Gasteiger partial charge in [-0.25, -0.2) is 0 Å². The fourth-order valence-corrected chi connectivity index (χ4v) is 5.08. The van der Waals surface area contributed by atoms with Gasteiger partial charge in [0, 0.05) is 37.1 Å². The maximum Gasteiger partial charge on any atom is 0.173 e. The zero-order chi connectivity index (χ0) is 22.5. The molecule has 0 saturated heterocycles. The molecule has 1 atom stereocenters. The monoisotopic (exact) mass is 437 g/mol. The average molecular weight is 438 g/mol.